The van der Waals surface area contributed by atoms with Crippen molar-refractivity contribution < 1.29 is 14.2 Å². The van der Waals surface area contributed by atoms with E-state index in [1.807, 2.05) is 7.11 Å². The molecule has 0 radical (unpaired) electrons. The van der Waals surface area contributed by atoms with E-state index in [1.54, 1.807) is 0 Å². The van der Waals surface area contributed by atoms with Crippen molar-refractivity contribution in [3.05, 3.63) is 29.8 Å². The van der Waals surface area contributed by atoms with Crippen LogP contribution in [0.5, 0.6) is 5.75 Å². The molecule has 6 rings (SSSR count). The van der Waals surface area contributed by atoms with Crippen LogP contribution in [0.3, 0.4) is 0 Å². The van der Waals surface area contributed by atoms with E-state index in [0.29, 0.717) is 16.7 Å². The van der Waals surface area contributed by atoms with Gasteiger partial charge in [0, 0.05) is 23.9 Å². The van der Waals surface area contributed by atoms with Crippen molar-refractivity contribution in [2.45, 2.75) is 84.0 Å². The predicted molar refractivity (Wildman–Crippen MR) is 117 cm³/mol. The molecule has 2 aliphatic heterocycles. The third-order valence-electron chi connectivity index (χ3n) is 10.8. The smallest absolute Gasteiger partial charge is 0.162 e. The van der Waals surface area contributed by atoms with Gasteiger partial charge in [0.15, 0.2) is 6.29 Å². The van der Waals surface area contributed by atoms with E-state index in [-0.39, 0.29) is 17.3 Å². The maximum absolute atomic E-state index is 6.78. The Kier molecular flexibility index (Phi) is 4.09. The molecule has 30 heavy (non-hydrogen) atoms. The average Bonchev–Trinajstić information content (AvgIpc) is 2.71. The number of fused-ring (bicyclic) bond motifs is 4. The third-order valence-corrected chi connectivity index (χ3v) is 10.8. The van der Waals surface area contributed by atoms with Crippen LogP contribution in [0.2, 0.25) is 0 Å². The number of hydrogen-bond donors (Lipinski definition) is 0. The Morgan fingerprint density at radius 3 is 2.50 bits per heavy atom. The zero-order valence-corrected chi connectivity index (χ0v) is 19.2. The zero-order chi connectivity index (χ0) is 20.8. The topological polar surface area (TPSA) is 27.7 Å². The molecule has 1 aromatic rings. The van der Waals surface area contributed by atoms with Crippen LogP contribution >= 0.6 is 0 Å². The number of methoxy groups -OCH3 is 1. The minimum absolute atomic E-state index is 0.0287. The molecule has 1 saturated heterocycles. The van der Waals surface area contributed by atoms with E-state index in [9.17, 15) is 0 Å². The van der Waals surface area contributed by atoms with Crippen molar-refractivity contribution in [3.63, 3.8) is 0 Å². The van der Waals surface area contributed by atoms with Crippen LogP contribution in [-0.4, -0.2) is 25.6 Å². The number of para-hydroxylation sites is 1. The lowest BCUT2D eigenvalue weighted by Gasteiger charge is -2.71. The maximum atomic E-state index is 6.78. The maximum Gasteiger partial charge on any atom is 0.162 e. The summed E-state index contributed by atoms with van der Waals surface area (Å²) in [5.41, 5.74) is 2.19. The summed E-state index contributed by atoms with van der Waals surface area (Å²) in [7, 11) is 1.84. The lowest BCUT2D eigenvalue weighted by Crippen LogP contribution is -2.70. The Bertz CT molecular complexity index is 852. The summed E-state index contributed by atoms with van der Waals surface area (Å²) in [5.74, 6) is 3.17. The number of rotatable bonds is 1. The molecule has 5 aliphatic rings. The summed E-state index contributed by atoms with van der Waals surface area (Å²) in [5, 5.41) is 0. The summed E-state index contributed by atoms with van der Waals surface area (Å²) in [4.78, 5) is 0. The van der Waals surface area contributed by atoms with E-state index in [0.717, 1.165) is 24.2 Å². The zero-order valence-electron chi connectivity index (χ0n) is 19.2. The van der Waals surface area contributed by atoms with E-state index < -0.39 is 0 Å². The van der Waals surface area contributed by atoms with Crippen LogP contribution in [0.15, 0.2) is 24.3 Å². The summed E-state index contributed by atoms with van der Waals surface area (Å²) in [6.45, 7) is 8.39. The summed E-state index contributed by atoms with van der Waals surface area (Å²) >= 11 is 0. The second-order valence-corrected chi connectivity index (χ2v) is 11.9. The first kappa shape index (κ1) is 19.6. The summed E-state index contributed by atoms with van der Waals surface area (Å²) < 4.78 is 19.2. The van der Waals surface area contributed by atoms with Gasteiger partial charge in [-0.05, 0) is 80.8 Å². The minimum atomic E-state index is -0.0361. The summed E-state index contributed by atoms with van der Waals surface area (Å²) in [6.07, 6.45) is 10.1. The lowest BCUT2D eigenvalue weighted by atomic mass is 9.36. The molecule has 1 aromatic carbocycles. The van der Waals surface area contributed by atoms with Crippen LogP contribution in [0.25, 0.3) is 0 Å². The Hall–Kier alpha value is -1.06. The van der Waals surface area contributed by atoms with Crippen LogP contribution in [-0.2, 0) is 15.9 Å². The normalized spacial score (nSPS) is 51.6. The van der Waals surface area contributed by atoms with Crippen molar-refractivity contribution in [2.75, 3.05) is 13.7 Å². The monoisotopic (exact) mass is 410 g/mol. The molecule has 0 spiro atoms. The highest BCUT2D eigenvalue weighted by atomic mass is 16.7. The van der Waals surface area contributed by atoms with Gasteiger partial charge in [0.05, 0.1) is 6.61 Å². The van der Waals surface area contributed by atoms with Gasteiger partial charge in [-0.25, -0.2) is 0 Å². The molecule has 8 atom stereocenters. The van der Waals surface area contributed by atoms with Gasteiger partial charge in [-0.15, -0.1) is 0 Å². The van der Waals surface area contributed by atoms with Crippen LogP contribution in [0.4, 0.5) is 0 Å². The minimum Gasteiger partial charge on any atom is -0.487 e. The fraction of sp³-hybridized carbons (Fsp3) is 0.778. The first-order chi connectivity index (χ1) is 14.4. The molecule has 3 aliphatic carbocycles. The molecule has 3 nitrogen and oxygen atoms in total. The van der Waals surface area contributed by atoms with Crippen molar-refractivity contribution in [3.8, 4) is 5.75 Å². The van der Waals surface area contributed by atoms with Crippen LogP contribution in [0.1, 0.15) is 71.3 Å². The predicted octanol–water partition coefficient (Wildman–Crippen LogP) is 6.00. The fourth-order valence-corrected chi connectivity index (χ4v) is 9.59. The van der Waals surface area contributed by atoms with Crippen LogP contribution in [0, 0.1) is 34.0 Å². The first-order valence-corrected chi connectivity index (χ1v) is 12.3. The second kappa shape index (κ2) is 6.25. The Morgan fingerprint density at radius 1 is 0.900 bits per heavy atom. The van der Waals surface area contributed by atoms with Gasteiger partial charge in [0.25, 0.3) is 0 Å². The lowest BCUT2D eigenvalue weighted by molar-refractivity contribution is -0.332. The van der Waals surface area contributed by atoms with Gasteiger partial charge in [0.1, 0.15) is 11.4 Å². The number of hydrogen-bond acceptors (Lipinski definition) is 3. The van der Waals surface area contributed by atoms with Crippen molar-refractivity contribution in [1.29, 1.82) is 0 Å². The number of ether oxygens (including phenoxy) is 3. The molecule has 2 heterocycles. The van der Waals surface area contributed by atoms with E-state index in [4.69, 9.17) is 14.2 Å². The second-order valence-electron chi connectivity index (χ2n) is 11.9. The molecule has 0 aromatic heterocycles. The summed E-state index contributed by atoms with van der Waals surface area (Å²) in [6, 6.07) is 8.76. The first-order valence-electron chi connectivity index (χ1n) is 12.3. The van der Waals surface area contributed by atoms with E-state index >= 15 is 0 Å². The highest BCUT2D eigenvalue weighted by molar-refractivity contribution is 5.38. The van der Waals surface area contributed by atoms with Gasteiger partial charge in [-0.3, -0.25) is 0 Å². The van der Waals surface area contributed by atoms with Crippen molar-refractivity contribution in [2.24, 2.45) is 34.0 Å². The highest BCUT2D eigenvalue weighted by Crippen LogP contribution is 2.72. The average molecular weight is 411 g/mol. The molecule has 2 bridgehead atoms. The molecule has 164 valence electrons. The number of benzene rings is 1. The molecule has 3 saturated carbocycles. The molecular formula is C27H38O3. The van der Waals surface area contributed by atoms with Crippen LogP contribution < -0.4 is 4.74 Å². The van der Waals surface area contributed by atoms with Gasteiger partial charge in [0.2, 0.25) is 0 Å². The molecule has 8 unspecified atom stereocenters. The van der Waals surface area contributed by atoms with Crippen molar-refractivity contribution in [1.82, 2.24) is 0 Å². The molecule has 4 fully saturated rings. The molecular weight excluding hydrogens is 372 g/mol. The Morgan fingerprint density at radius 2 is 1.67 bits per heavy atom. The fourth-order valence-electron chi connectivity index (χ4n) is 9.59. The quantitative estimate of drug-likeness (QED) is 0.568. The van der Waals surface area contributed by atoms with Gasteiger partial charge >= 0.3 is 0 Å². The third kappa shape index (κ3) is 2.29. The standard InChI is InChI=1S/C27H38O3/c1-24-14-10-21-25(2)12-7-13-27(21,17-29-23(25)28-4)20(24)11-15-26(3)22(24)16-18-8-5-6-9-19(18)30-26/h5-6,8-9,20-23H,7,10-17H2,1-4H3. The Labute approximate surface area is 181 Å². The highest BCUT2D eigenvalue weighted by Gasteiger charge is 2.70. The van der Waals surface area contributed by atoms with Gasteiger partial charge < -0.3 is 14.2 Å². The van der Waals surface area contributed by atoms with Crippen molar-refractivity contribution >= 4 is 0 Å². The molecule has 0 N–H and O–H groups in total. The Balaban J connectivity index is 1.41. The van der Waals surface area contributed by atoms with Gasteiger partial charge in [-0.2, -0.15) is 0 Å². The van der Waals surface area contributed by atoms with Gasteiger partial charge in [-0.1, -0.05) is 38.5 Å². The van der Waals surface area contributed by atoms with E-state index in [2.05, 4.69) is 45.0 Å². The SMILES string of the molecule is COC1OCC23CCCC1(C)C2CCC1(C)C2Cc4ccccc4OC2(C)CCC13. The molecule has 0 amide bonds. The largest absolute Gasteiger partial charge is 0.487 e. The molecule has 3 heteroatoms. The van der Waals surface area contributed by atoms with E-state index in [1.165, 1.54) is 56.9 Å².